The molecule has 3 aromatic rings. The summed E-state index contributed by atoms with van der Waals surface area (Å²) >= 11 is 6.31. The van der Waals surface area contributed by atoms with Gasteiger partial charge in [0.1, 0.15) is 11.5 Å². The third kappa shape index (κ3) is 3.91. The van der Waals surface area contributed by atoms with E-state index >= 15 is 4.79 Å². The molecule has 0 aromatic heterocycles. The molecule has 6 amide bonds. The number of phenolic OH excluding ortho intramolecular Hbond substituents is 1. The third-order valence-electron chi connectivity index (χ3n) is 9.93. The van der Waals surface area contributed by atoms with Gasteiger partial charge in [0.2, 0.25) is 23.6 Å². The molecule has 2 aliphatic heterocycles. The second kappa shape index (κ2) is 10.3. The monoisotopic (exact) mass is 625 g/mol. The third-order valence-corrected chi connectivity index (χ3v) is 10.2. The summed E-state index contributed by atoms with van der Waals surface area (Å²) in [5.41, 5.74) is 5.69. The van der Waals surface area contributed by atoms with Crippen molar-refractivity contribution in [1.29, 1.82) is 0 Å². The van der Waals surface area contributed by atoms with Crippen molar-refractivity contribution in [2.24, 2.45) is 29.4 Å². The maximum absolute atomic E-state index is 15.1. The Hall–Kier alpha value is -4.96. The Morgan fingerprint density at radius 2 is 1.71 bits per heavy atom. The number of halogens is 1. The standard InChI is InChI=1S/C34H28ClN3O7/c1-45-20-10-13-26(39)24(15-20)28-21-11-12-22-27(31(42)38(29(22)40)33(36)44)23(21)16-25-30(41)37(19-9-5-8-18(35)14-19)32(43)34(25,28)17-6-3-2-4-7-17/h2-11,13-15,22-23,25,27-28,39H,12,16H2,1H3,(H2,36,44)/t22-,23+,25-,27-,28+,34+/m0/s1. The van der Waals surface area contributed by atoms with Crippen LogP contribution in [0.3, 0.4) is 0 Å². The summed E-state index contributed by atoms with van der Waals surface area (Å²) < 4.78 is 5.51. The summed E-state index contributed by atoms with van der Waals surface area (Å²) in [5.74, 6) is -6.63. The first kappa shape index (κ1) is 28.8. The van der Waals surface area contributed by atoms with Crippen molar-refractivity contribution < 1.29 is 33.8 Å². The molecule has 4 aliphatic rings. The number of carbonyl (C=O) groups excluding carboxylic acids is 5. The highest BCUT2D eigenvalue weighted by atomic mass is 35.5. The van der Waals surface area contributed by atoms with Crippen molar-refractivity contribution in [2.45, 2.75) is 24.2 Å². The minimum Gasteiger partial charge on any atom is -0.508 e. The zero-order chi connectivity index (χ0) is 31.8. The second-order valence-electron chi connectivity index (χ2n) is 11.9. The lowest BCUT2D eigenvalue weighted by molar-refractivity contribution is -0.136. The Balaban J connectivity index is 1.53. The SMILES string of the molecule is COc1ccc(O)c([C@H]2C3=CC[C@@H]4C(=O)N(C(N)=O)C(=O)[C@@H]4[C@@H]3C[C@H]3C(=O)N(c4cccc(Cl)c4)C(=O)[C@@]23c2ccccc2)c1. The largest absolute Gasteiger partial charge is 0.508 e. The fourth-order valence-corrected chi connectivity index (χ4v) is 8.38. The number of urea groups is 1. The van der Waals surface area contributed by atoms with Gasteiger partial charge in [0.15, 0.2) is 0 Å². The molecule has 3 N–H and O–H groups in total. The summed E-state index contributed by atoms with van der Waals surface area (Å²) in [6.07, 6.45) is 1.98. The normalized spacial score (nSPS) is 28.8. The first-order valence-electron chi connectivity index (χ1n) is 14.5. The van der Waals surface area contributed by atoms with E-state index < -0.39 is 64.7 Å². The zero-order valence-corrected chi connectivity index (χ0v) is 24.8. The molecule has 2 saturated heterocycles. The number of methoxy groups -OCH3 is 1. The van der Waals surface area contributed by atoms with Gasteiger partial charge in [-0.3, -0.25) is 19.2 Å². The molecular formula is C34H28ClN3O7. The molecule has 6 atom stereocenters. The molecule has 2 heterocycles. The lowest BCUT2D eigenvalue weighted by Crippen LogP contribution is -2.53. The Labute approximate surface area is 263 Å². The summed E-state index contributed by atoms with van der Waals surface area (Å²) in [6.45, 7) is 0. The number of benzene rings is 3. The lowest BCUT2D eigenvalue weighted by Gasteiger charge is -2.50. The molecule has 7 rings (SSSR count). The Kier molecular flexibility index (Phi) is 6.59. The van der Waals surface area contributed by atoms with Crippen molar-refractivity contribution >= 4 is 46.9 Å². The Morgan fingerprint density at radius 3 is 2.40 bits per heavy atom. The van der Waals surface area contributed by atoms with E-state index in [0.29, 0.717) is 32.4 Å². The molecular weight excluding hydrogens is 598 g/mol. The van der Waals surface area contributed by atoms with Gasteiger partial charge in [-0.25, -0.2) is 9.69 Å². The highest BCUT2D eigenvalue weighted by Gasteiger charge is 2.70. The maximum Gasteiger partial charge on any atom is 0.328 e. The van der Waals surface area contributed by atoms with Gasteiger partial charge in [-0.15, -0.1) is 0 Å². The molecule has 45 heavy (non-hydrogen) atoms. The number of hydrogen-bond donors (Lipinski definition) is 2. The number of imide groups is 4. The molecule has 2 aliphatic carbocycles. The number of anilines is 1. The fourth-order valence-electron chi connectivity index (χ4n) is 8.20. The number of nitrogens with zero attached hydrogens (tertiary/aromatic N) is 2. The van der Waals surface area contributed by atoms with Gasteiger partial charge in [0, 0.05) is 16.5 Å². The van der Waals surface area contributed by atoms with E-state index in [0.717, 1.165) is 4.90 Å². The topological polar surface area (TPSA) is 147 Å². The van der Waals surface area contributed by atoms with E-state index in [9.17, 15) is 24.3 Å². The van der Waals surface area contributed by atoms with Crippen LogP contribution in [0.25, 0.3) is 0 Å². The number of amides is 6. The van der Waals surface area contributed by atoms with E-state index in [1.54, 1.807) is 60.7 Å². The second-order valence-corrected chi connectivity index (χ2v) is 12.3. The van der Waals surface area contributed by atoms with Gasteiger partial charge in [0.25, 0.3) is 0 Å². The van der Waals surface area contributed by atoms with Crippen LogP contribution in [-0.4, -0.2) is 46.8 Å². The number of aromatic hydroxyl groups is 1. The van der Waals surface area contributed by atoms with Crippen LogP contribution in [0.1, 0.15) is 29.9 Å². The van der Waals surface area contributed by atoms with Crippen LogP contribution in [0.15, 0.2) is 84.4 Å². The van der Waals surface area contributed by atoms with Gasteiger partial charge >= 0.3 is 6.03 Å². The van der Waals surface area contributed by atoms with E-state index in [1.165, 1.54) is 19.2 Å². The van der Waals surface area contributed by atoms with Gasteiger partial charge in [-0.1, -0.05) is 59.6 Å². The highest BCUT2D eigenvalue weighted by molar-refractivity contribution is 6.32. The predicted octanol–water partition coefficient (Wildman–Crippen LogP) is 4.30. The summed E-state index contributed by atoms with van der Waals surface area (Å²) in [7, 11) is 1.48. The Morgan fingerprint density at radius 1 is 0.956 bits per heavy atom. The maximum atomic E-state index is 15.1. The molecule has 0 spiro atoms. The molecule has 11 heteroatoms. The molecule has 3 fully saturated rings. The zero-order valence-electron chi connectivity index (χ0n) is 24.1. The van der Waals surface area contributed by atoms with Gasteiger partial charge in [-0.2, -0.15) is 4.90 Å². The van der Waals surface area contributed by atoms with Crippen LogP contribution in [0.5, 0.6) is 11.5 Å². The minimum absolute atomic E-state index is 0.0381. The summed E-state index contributed by atoms with van der Waals surface area (Å²) in [5, 5.41) is 11.8. The van der Waals surface area contributed by atoms with Crippen LogP contribution in [0.4, 0.5) is 10.5 Å². The van der Waals surface area contributed by atoms with E-state index in [1.807, 2.05) is 6.08 Å². The smallest absolute Gasteiger partial charge is 0.328 e. The molecule has 10 nitrogen and oxygen atoms in total. The highest BCUT2D eigenvalue weighted by Crippen LogP contribution is 2.65. The average Bonchev–Trinajstić information content (AvgIpc) is 3.42. The first-order chi connectivity index (χ1) is 21.6. The van der Waals surface area contributed by atoms with E-state index in [-0.39, 0.29) is 24.3 Å². The van der Waals surface area contributed by atoms with Crippen LogP contribution in [-0.2, 0) is 24.6 Å². The number of fused-ring (bicyclic) bond motifs is 4. The van der Waals surface area contributed by atoms with Crippen molar-refractivity contribution in [3.63, 3.8) is 0 Å². The fraction of sp³-hybridized carbons (Fsp3) is 0.265. The van der Waals surface area contributed by atoms with E-state index in [2.05, 4.69) is 0 Å². The number of ether oxygens (including phenoxy) is 1. The quantitative estimate of drug-likeness (QED) is 0.325. The molecule has 1 saturated carbocycles. The summed E-state index contributed by atoms with van der Waals surface area (Å²) in [6, 6.07) is 18.9. The molecule has 228 valence electrons. The van der Waals surface area contributed by atoms with Crippen LogP contribution >= 0.6 is 11.6 Å². The van der Waals surface area contributed by atoms with Crippen LogP contribution in [0.2, 0.25) is 5.02 Å². The number of hydrogen-bond acceptors (Lipinski definition) is 7. The number of carbonyl (C=O) groups is 5. The average molecular weight is 626 g/mol. The van der Waals surface area contributed by atoms with Crippen molar-refractivity contribution in [3.05, 3.63) is 101 Å². The number of rotatable bonds is 4. The number of allylic oxidation sites excluding steroid dienone is 2. The molecule has 3 aromatic carbocycles. The molecule has 0 unspecified atom stereocenters. The first-order valence-corrected chi connectivity index (χ1v) is 14.9. The Bertz CT molecular complexity index is 1840. The lowest BCUT2D eigenvalue weighted by atomic mass is 9.49. The van der Waals surface area contributed by atoms with Crippen molar-refractivity contribution in [1.82, 2.24) is 4.90 Å². The van der Waals surface area contributed by atoms with Gasteiger partial charge < -0.3 is 15.6 Å². The number of likely N-dealkylation sites (tertiary alicyclic amines) is 1. The van der Waals surface area contributed by atoms with Crippen molar-refractivity contribution in [2.75, 3.05) is 12.0 Å². The van der Waals surface area contributed by atoms with Crippen LogP contribution in [0, 0.1) is 23.7 Å². The molecule has 0 bridgehead atoms. The molecule has 0 radical (unpaired) electrons. The van der Waals surface area contributed by atoms with Gasteiger partial charge in [0.05, 0.1) is 36.0 Å². The van der Waals surface area contributed by atoms with E-state index in [4.69, 9.17) is 22.1 Å². The predicted molar refractivity (Wildman–Crippen MR) is 162 cm³/mol. The summed E-state index contributed by atoms with van der Waals surface area (Å²) in [4.78, 5) is 70.5. The number of primary amides is 1. The van der Waals surface area contributed by atoms with Crippen molar-refractivity contribution in [3.8, 4) is 11.5 Å². The number of nitrogens with two attached hydrogens (primary N) is 1. The van der Waals surface area contributed by atoms with Gasteiger partial charge in [-0.05, 0) is 60.7 Å². The number of phenols is 1. The minimum atomic E-state index is -1.56. The van der Waals surface area contributed by atoms with Crippen LogP contribution < -0.4 is 15.4 Å².